The van der Waals surface area contributed by atoms with Crippen LogP contribution >= 0.6 is 22.5 Å². The van der Waals surface area contributed by atoms with Crippen molar-refractivity contribution < 1.29 is 9.50 Å². The number of rotatable bonds is 5. The van der Waals surface area contributed by atoms with Gasteiger partial charge in [0, 0.05) is 28.5 Å². The van der Waals surface area contributed by atoms with Gasteiger partial charge in [0.05, 0.1) is 11.7 Å². The summed E-state index contributed by atoms with van der Waals surface area (Å²) in [5.41, 5.74) is 1.32. The Kier molecular flexibility index (Phi) is 4.07. The van der Waals surface area contributed by atoms with E-state index < -0.39 is 23.7 Å². The normalized spacial score (nSPS) is 27.1. The summed E-state index contributed by atoms with van der Waals surface area (Å²) in [6.45, 7) is 0.407. The zero-order valence-electron chi connectivity index (χ0n) is 11.2. The molecule has 1 aromatic carbocycles. The number of hydrogen-bond acceptors (Lipinski definition) is 2. The van der Waals surface area contributed by atoms with Gasteiger partial charge in [0.15, 0.2) is 0 Å². The van der Waals surface area contributed by atoms with Crippen molar-refractivity contribution in [3.05, 3.63) is 34.9 Å². The molecule has 0 spiro atoms. The topological polar surface area (TPSA) is 32.6 Å². The van der Waals surface area contributed by atoms with Gasteiger partial charge in [-0.05, 0) is 30.5 Å². The fraction of sp³-hybridized carbons (Fsp3) is 0.533. The Morgan fingerprint density at radius 3 is 2.65 bits per heavy atom. The van der Waals surface area contributed by atoms with Gasteiger partial charge >= 0.3 is 0 Å². The number of benzene rings is 1. The molecular weight excluding hydrogens is 297 g/mol. The van der Waals surface area contributed by atoms with Gasteiger partial charge in [-0.15, -0.1) is 0 Å². The van der Waals surface area contributed by atoms with E-state index in [1.54, 1.807) is 0 Å². The monoisotopic (exact) mass is 315 g/mol. The van der Waals surface area contributed by atoms with Crippen LogP contribution in [-0.4, -0.2) is 35.2 Å². The average molecular weight is 316 g/mol. The van der Waals surface area contributed by atoms with Crippen LogP contribution in [0.5, 0.6) is 0 Å². The number of hydrogen-bond donors (Lipinski definition) is 2. The Labute approximate surface area is 126 Å². The summed E-state index contributed by atoms with van der Waals surface area (Å²) in [5.74, 6) is 1.06. The highest BCUT2D eigenvalue weighted by molar-refractivity contribution is 8.31. The second-order valence-corrected chi connectivity index (χ2v) is 8.58. The first-order valence-electron chi connectivity index (χ1n) is 6.98. The number of nitrogens with zero attached hydrogens (tertiary/aromatic N) is 1. The lowest BCUT2D eigenvalue weighted by atomic mass is 10.1. The Balaban J connectivity index is 1.81. The van der Waals surface area contributed by atoms with Crippen LogP contribution in [-0.2, 0) is 4.75 Å². The third kappa shape index (κ3) is 2.61. The molecule has 2 nitrogen and oxygen atoms in total. The SMILES string of the molecule is OCC(F)CC1=NCC[SH]1C1(c2ccc(Cl)cc2)CC1. The van der Waals surface area contributed by atoms with E-state index in [-0.39, 0.29) is 4.75 Å². The minimum Gasteiger partial charge on any atom is -0.393 e. The molecule has 1 fully saturated rings. The highest BCUT2D eigenvalue weighted by atomic mass is 35.5. The van der Waals surface area contributed by atoms with Crippen LogP contribution in [0.15, 0.2) is 29.3 Å². The van der Waals surface area contributed by atoms with E-state index >= 15 is 0 Å². The molecule has 5 heteroatoms. The maximum atomic E-state index is 13.5. The summed E-state index contributed by atoms with van der Waals surface area (Å²) in [4.78, 5) is 4.52. The molecule has 2 unspecified atom stereocenters. The van der Waals surface area contributed by atoms with Gasteiger partial charge in [-0.25, -0.2) is 15.3 Å². The summed E-state index contributed by atoms with van der Waals surface area (Å²) in [5, 5.41) is 10.7. The van der Waals surface area contributed by atoms with Crippen LogP contribution in [0, 0.1) is 0 Å². The molecule has 0 saturated heterocycles. The number of aliphatic imine (C=N–C) groups is 1. The van der Waals surface area contributed by atoms with Crippen molar-refractivity contribution in [3.8, 4) is 0 Å². The van der Waals surface area contributed by atoms with Crippen LogP contribution in [0.4, 0.5) is 4.39 Å². The minimum atomic E-state index is -1.17. The van der Waals surface area contributed by atoms with Gasteiger partial charge in [-0.2, -0.15) is 0 Å². The predicted molar refractivity (Wildman–Crippen MR) is 85.1 cm³/mol. The maximum Gasteiger partial charge on any atom is 0.129 e. The van der Waals surface area contributed by atoms with Gasteiger partial charge in [-0.3, -0.25) is 4.99 Å². The Hall–Kier alpha value is -0.580. The van der Waals surface area contributed by atoms with E-state index in [4.69, 9.17) is 16.7 Å². The quantitative estimate of drug-likeness (QED) is 0.801. The first-order chi connectivity index (χ1) is 9.65. The van der Waals surface area contributed by atoms with E-state index in [1.165, 1.54) is 5.56 Å². The lowest BCUT2D eigenvalue weighted by Crippen LogP contribution is -2.18. The molecule has 1 heterocycles. The van der Waals surface area contributed by atoms with E-state index in [2.05, 4.69) is 17.1 Å². The molecule has 0 amide bonds. The van der Waals surface area contributed by atoms with Crippen LogP contribution in [0.2, 0.25) is 5.02 Å². The molecule has 0 radical (unpaired) electrons. The lowest BCUT2D eigenvalue weighted by Gasteiger charge is -2.29. The van der Waals surface area contributed by atoms with Gasteiger partial charge in [0.2, 0.25) is 0 Å². The van der Waals surface area contributed by atoms with Crippen LogP contribution in [0.25, 0.3) is 0 Å². The van der Waals surface area contributed by atoms with Crippen LogP contribution in [0.1, 0.15) is 24.8 Å². The first-order valence-corrected chi connectivity index (χ1v) is 8.88. The fourth-order valence-electron chi connectivity index (χ4n) is 2.98. The fourth-order valence-corrected chi connectivity index (χ4v) is 6.39. The van der Waals surface area contributed by atoms with Crippen molar-refractivity contribution in [2.75, 3.05) is 18.9 Å². The number of alkyl halides is 1. The molecule has 0 aromatic heterocycles. The zero-order valence-corrected chi connectivity index (χ0v) is 12.9. The summed E-state index contributed by atoms with van der Waals surface area (Å²) in [6, 6.07) is 8.08. The molecule has 1 N–H and O–H groups in total. The van der Waals surface area contributed by atoms with Gasteiger partial charge in [-0.1, -0.05) is 23.7 Å². The van der Waals surface area contributed by atoms with Crippen molar-refractivity contribution in [2.24, 2.45) is 4.99 Å². The lowest BCUT2D eigenvalue weighted by molar-refractivity contribution is 0.183. The van der Waals surface area contributed by atoms with Crippen molar-refractivity contribution in [2.45, 2.75) is 30.2 Å². The molecule has 3 rings (SSSR count). The highest BCUT2D eigenvalue weighted by Crippen LogP contribution is 2.67. The van der Waals surface area contributed by atoms with E-state index in [1.807, 2.05) is 12.1 Å². The molecular formula is C15H19ClFNOS. The Bertz CT molecular complexity index is 515. The van der Waals surface area contributed by atoms with E-state index in [0.717, 1.165) is 35.2 Å². The van der Waals surface area contributed by atoms with E-state index in [0.29, 0.717) is 6.42 Å². The minimum absolute atomic E-state index is 0.199. The van der Waals surface area contributed by atoms with Crippen molar-refractivity contribution >= 4 is 27.5 Å². The molecule has 2 aliphatic rings. The average Bonchev–Trinajstić information content (AvgIpc) is 3.13. The number of aliphatic hydroxyl groups is 1. The third-order valence-corrected chi connectivity index (χ3v) is 7.74. The molecule has 2 atom stereocenters. The molecule has 1 aromatic rings. The summed E-state index contributed by atoms with van der Waals surface area (Å²) in [6.07, 6.45) is 1.46. The zero-order chi connectivity index (χ0) is 14.2. The molecule has 20 heavy (non-hydrogen) atoms. The first kappa shape index (κ1) is 14.4. The summed E-state index contributed by atoms with van der Waals surface area (Å²) >= 11 is 5.96. The van der Waals surface area contributed by atoms with E-state index in [9.17, 15) is 4.39 Å². The molecule has 1 aliphatic carbocycles. The smallest absolute Gasteiger partial charge is 0.129 e. The predicted octanol–water partition coefficient (Wildman–Crippen LogP) is 3.46. The summed E-state index contributed by atoms with van der Waals surface area (Å²) in [7, 11) is -0.409. The second-order valence-electron chi connectivity index (χ2n) is 5.47. The van der Waals surface area contributed by atoms with Gasteiger partial charge < -0.3 is 5.11 Å². The largest absolute Gasteiger partial charge is 0.393 e. The maximum absolute atomic E-state index is 13.5. The van der Waals surface area contributed by atoms with Gasteiger partial charge in [0.25, 0.3) is 0 Å². The Morgan fingerprint density at radius 2 is 2.05 bits per heavy atom. The number of thiol groups is 1. The van der Waals surface area contributed by atoms with Crippen LogP contribution in [0.3, 0.4) is 0 Å². The number of aliphatic hydroxyl groups excluding tert-OH is 1. The van der Waals surface area contributed by atoms with Gasteiger partial charge in [0.1, 0.15) is 6.17 Å². The number of halogens is 2. The molecule has 110 valence electrons. The molecule has 1 aliphatic heterocycles. The Morgan fingerprint density at radius 1 is 1.35 bits per heavy atom. The summed E-state index contributed by atoms with van der Waals surface area (Å²) < 4.78 is 13.7. The standard InChI is InChI=1S/C15H19ClFNOS/c16-12-3-1-11(2-4-12)15(5-6-15)20-8-7-18-14(20)9-13(17)10-19/h1-4,13,19-20H,5-10H2. The van der Waals surface area contributed by atoms with Crippen molar-refractivity contribution in [1.29, 1.82) is 0 Å². The highest BCUT2D eigenvalue weighted by Gasteiger charge is 2.51. The molecule has 0 bridgehead atoms. The second kappa shape index (κ2) is 5.66. The molecule has 1 saturated carbocycles. The van der Waals surface area contributed by atoms with Crippen molar-refractivity contribution in [1.82, 2.24) is 0 Å². The third-order valence-electron chi connectivity index (χ3n) is 4.15. The van der Waals surface area contributed by atoms with Crippen LogP contribution < -0.4 is 0 Å². The van der Waals surface area contributed by atoms with Crippen molar-refractivity contribution in [3.63, 3.8) is 0 Å².